The SMILES string of the molecule is CC1CC(N)CC(C(=O)NCCCC(F)(F)F)C1. The maximum Gasteiger partial charge on any atom is 0.389 e. The van der Waals surface area contributed by atoms with Gasteiger partial charge < -0.3 is 11.1 Å². The fourth-order valence-corrected chi connectivity index (χ4v) is 2.52. The molecule has 0 bridgehead atoms. The van der Waals surface area contributed by atoms with Crippen LogP contribution in [0.2, 0.25) is 0 Å². The number of amides is 1. The van der Waals surface area contributed by atoms with Gasteiger partial charge in [-0.25, -0.2) is 0 Å². The third kappa shape index (κ3) is 5.71. The Labute approximate surface area is 105 Å². The molecule has 3 unspecified atom stereocenters. The highest BCUT2D eigenvalue weighted by atomic mass is 19.4. The van der Waals surface area contributed by atoms with Crippen molar-refractivity contribution in [2.75, 3.05) is 6.54 Å². The van der Waals surface area contributed by atoms with Crippen LogP contribution in [-0.4, -0.2) is 24.7 Å². The van der Waals surface area contributed by atoms with Crippen LogP contribution in [0.15, 0.2) is 0 Å². The van der Waals surface area contributed by atoms with E-state index in [0.717, 1.165) is 12.8 Å². The molecule has 1 aliphatic rings. The molecule has 1 saturated carbocycles. The highest BCUT2D eigenvalue weighted by molar-refractivity contribution is 5.78. The Kier molecular flexibility index (Phi) is 5.44. The largest absolute Gasteiger partial charge is 0.389 e. The van der Waals surface area contributed by atoms with Gasteiger partial charge in [-0.05, 0) is 31.6 Å². The van der Waals surface area contributed by atoms with Crippen molar-refractivity contribution in [1.82, 2.24) is 5.32 Å². The Bertz CT molecular complexity index is 271. The molecule has 1 aliphatic carbocycles. The summed E-state index contributed by atoms with van der Waals surface area (Å²) < 4.78 is 35.7. The lowest BCUT2D eigenvalue weighted by atomic mass is 9.79. The van der Waals surface area contributed by atoms with Crippen molar-refractivity contribution in [3.05, 3.63) is 0 Å². The summed E-state index contributed by atoms with van der Waals surface area (Å²) in [5.74, 6) is 0.105. The number of alkyl halides is 3. The summed E-state index contributed by atoms with van der Waals surface area (Å²) in [5.41, 5.74) is 5.84. The summed E-state index contributed by atoms with van der Waals surface area (Å²) in [5, 5.41) is 2.57. The average Bonchev–Trinajstić information content (AvgIpc) is 2.21. The third-order valence-electron chi connectivity index (χ3n) is 3.29. The first-order chi connectivity index (χ1) is 8.28. The normalized spacial score (nSPS) is 29.1. The number of hydrogen-bond donors (Lipinski definition) is 2. The lowest BCUT2D eigenvalue weighted by Gasteiger charge is -2.30. The Balaban J connectivity index is 2.24. The van der Waals surface area contributed by atoms with Crippen molar-refractivity contribution < 1.29 is 18.0 Å². The van der Waals surface area contributed by atoms with Crippen LogP contribution in [0.5, 0.6) is 0 Å². The van der Waals surface area contributed by atoms with E-state index in [1.807, 2.05) is 6.92 Å². The molecule has 0 aromatic rings. The molecule has 0 aromatic carbocycles. The predicted molar refractivity (Wildman–Crippen MR) is 62.8 cm³/mol. The minimum atomic E-state index is -4.15. The van der Waals surface area contributed by atoms with Crippen LogP contribution in [0.3, 0.4) is 0 Å². The average molecular weight is 266 g/mol. The van der Waals surface area contributed by atoms with Gasteiger partial charge in [0.2, 0.25) is 5.91 Å². The van der Waals surface area contributed by atoms with Gasteiger partial charge >= 0.3 is 6.18 Å². The van der Waals surface area contributed by atoms with Crippen molar-refractivity contribution in [3.63, 3.8) is 0 Å². The fourth-order valence-electron chi connectivity index (χ4n) is 2.52. The fraction of sp³-hybridized carbons (Fsp3) is 0.917. The lowest BCUT2D eigenvalue weighted by molar-refractivity contribution is -0.136. The van der Waals surface area contributed by atoms with E-state index in [0.29, 0.717) is 12.3 Å². The summed E-state index contributed by atoms with van der Waals surface area (Å²) >= 11 is 0. The molecule has 0 aromatic heterocycles. The van der Waals surface area contributed by atoms with Crippen LogP contribution in [0.25, 0.3) is 0 Å². The molecule has 3 N–H and O–H groups in total. The molecule has 1 rings (SSSR count). The summed E-state index contributed by atoms with van der Waals surface area (Å²) in [6, 6.07) is 0.0275. The van der Waals surface area contributed by atoms with E-state index >= 15 is 0 Å². The van der Waals surface area contributed by atoms with Crippen molar-refractivity contribution in [2.45, 2.75) is 51.2 Å². The zero-order valence-corrected chi connectivity index (χ0v) is 10.6. The van der Waals surface area contributed by atoms with Gasteiger partial charge in [-0.15, -0.1) is 0 Å². The van der Waals surface area contributed by atoms with Crippen LogP contribution in [0.1, 0.15) is 39.0 Å². The zero-order valence-electron chi connectivity index (χ0n) is 10.6. The van der Waals surface area contributed by atoms with Crippen LogP contribution < -0.4 is 11.1 Å². The summed E-state index contributed by atoms with van der Waals surface area (Å²) in [6.45, 7) is 2.13. The van der Waals surface area contributed by atoms with Crippen LogP contribution in [0, 0.1) is 11.8 Å². The van der Waals surface area contributed by atoms with E-state index in [1.54, 1.807) is 0 Å². The highest BCUT2D eigenvalue weighted by Gasteiger charge is 2.29. The quantitative estimate of drug-likeness (QED) is 0.766. The molecule has 0 spiro atoms. The molecule has 106 valence electrons. The second-order valence-electron chi connectivity index (χ2n) is 5.28. The molecule has 6 heteroatoms. The van der Waals surface area contributed by atoms with Crippen molar-refractivity contribution in [2.24, 2.45) is 17.6 Å². The van der Waals surface area contributed by atoms with Crippen molar-refractivity contribution >= 4 is 5.91 Å². The summed E-state index contributed by atoms with van der Waals surface area (Å²) in [6.07, 6.45) is -2.74. The summed E-state index contributed by atoms with van der Waals surface area (Å²) in [4.78, 5) is 11.8. The number of rotatable bonds is 4. The highest BCUT2D eigenvalue weighted by Crippen LogP contribution is 2.28. The molecule has 1 amide bonds. The molecular formula is C12H21F3N2O. The maximum absolute atomic E-state index is 11.9. The number of carbonyl (C=O) groups excluding carboxylic acids is 1. The Morgan fingerprint density at radius 1 is 1.33 bits per heavy atom. The van der Waals surface area contributed by atoms with Crippen LogP contribution >= 0.6 is 0 Å². The standard InChI is InChI=1S/C12H21F3N2O/c1-8-5-9(7-10(16)6-8)11(18)17-4-2-3-12(13,14)15/h8-10H,2-7,16H2,1H3,(H,17,18). The number of hydrogen-bond acceptors (Lipinski definition) is 2. The Morgan fingerprint density at radius 3 is 2.56 bits per heavy atom. The minimum Gasteiger partial charge on any atom is -0.356 e. The molecule has 0 heterocycles. The summed E-state index contributed by atoms with van der Waals surface area (Å²) in [7, 11) is 0. The van der Waals surface area contributed by atoms with Crippen molar-refractivity contribution in [3.8, 4) is 0 Å². The predicted octanol–water partition coefficient (Wildman–Crippen LogP) is 2.21. The van der Waals surface area contributed by atoms with Gasteiger partial charge in [-0.1, -0.05) is 6.92 Å². The first-order valence-corrected chi connectivity index (χ1v) is 6.38. The molecule has 1 fully saturated rings. The van der Waals surface area contributed by atoms with Gasteiger partial charge in [-0.2, -0.15) is 13.2 Å². The Morgan fingerprint density at radius 2 is 2.00 bits per heavy atom. The first kappa shape index (κ1) is 15.3. The number of carbonyl (C=O) groups is 1. The van der Waals surface area contributed by atoms with Gasteiger partial charge in [-0.3, -0.25) is 4.79 Å². The molecular weight excluding hydrogens is 245 g/mol. The molecule has 0 radical (unpaired) electrons. The van der Waals surface area contributed by atoms with Gasteiger partial charge in [0.15, 0.2) is 0 Å². The van der Waals surface area contributed by atoms with Crippen molar-refractivity contribution in [1.29, 1.82) is 0 Å². The topological polar surface area (TPSA) is 55.1 Å². The monoisotopic (exact) mass is 266 g/mol. The number of nitrogens with one attached hydrogen (secondary N) is 1. The molecule has 18 heavy (non-hydrogen) atoms. The van der Waals surface area contributed by atoms with Gasteiger partial charge in [0, 0.05) is 24.9 Å². The molecule has 3 atom stereocenters. The first-order valence-electron chi connectivity index (χ1n) is 6.38. The van der Waals surface area contributed by atoms with E-state index < -0.39 is 12.6 Å². The minimum absolute atomic E-state index is 0.0275. The number of halogens is 3. The lowest BCUT2D eigenvalue weighted by Crippen LogP contribution is -2.40. The van der Waals surface area contributed by atoms with Gasteiger partial charge in [0.05, 0.1) is 0 Å². The number of nitrogens with two attached hydrogens (primary N) is 1. The van der Waals surface area contributed by atoms with E-state index in [9.17, 15) is 18.0 Å². The van der Waals surface area contributed by atoms with E-state index in [2.05, 4.69) is 5.32 Å². The second-order valence-corrected chi connectivity index (χ2v) is 5.28. The Hall–Kier alpha value is -0.780. The zero-order chi connectivity index (χ0) is 13.8. The molecule has 0 saturated heterocycles. The van der Waals surface area contributed by atoms with Crippen LogP contribution in [0.4, 0.5) is 13.2 Å². The van der Waals surface area contributed by atoms with Gasteiger partial charge in [0.1, 0.15) is 0 Å². The van der Waals surface area contributed by atoms with Gasteiger partial charge in [0.25, 0.3) is 0 Å². The maximum atomic E-state index is 11.9. The van der Waals surface area contributed by atoms with Crippen LogP contribution in [-0.2, 0) is 4.79 Å². The second kappa shape index (κ2) is 6.41. The third-order valence-corrected chi connectivity index (χ3v) is 3.29. The van der Waals surface area contributed by atoms with E-state index in [-0.39, 0.29) is 30.8 Å². The molecule has 3 nitrogen and oxygen atoms in total. The molecule has 0 aliphatic heterocycles. The van der Waals surface area contributed by atoms with E-state index in [1.165, 1.54) is 0 Å². The van der Waals surface area contributed by atoms with E-state index in [4.69, 9.17) is 5.73 Å². The smallest absolute Gasteiger partial charge is 0.356 e.